The number of phenolic OH excluding ortho intramolecular Hbond substituents is 1. The van der Waals surface area contributed by atoms with E-state index in [0.717, 1.165) is 0 Å². The lowest BCUT2D eigenvalue weighted by molar-refractivity contribution is -0.143. The van der Waals surface area contributed by atoms with E-state index in [1.165, 1.54) is 12.1 Å². The summed E-state index contributed by atoms with van der Waals surface area (Å²) in [5, 5.41) is 26.8. The molecular weight excluding hydrogens is 496 g/mol. The average Bonchev–Trinajstić information content (AvgIpc) is 2.86. The first-order valence-electron chi connectivity index (χ1n) is 12.5. The van der Waals surface area contributed by atoms with Crippen LogP contribution in [0.4, 0.5) is 0 Å². The van der Waals surface area contributed by atoms with Gasteiger partial charge in [0, 0.05) is 6.42 Å². The van der Waals surface area contributed by atoms with Gasteiger partial charge in [-0.05, 0) is 49.4 Å². The van der Waals surface area contributed by atoms with Crippen molar-refractivity contribution in [3.8, 4) is 5.75 Å². The van der Waals surface area contributed by atoms with Crippen LogP contribution in [0.2, 0.25) is 0 Å². The van der Waals surface area contributed by atoms with Crippen LogP contribution in [0.1, 0.15) is 51.5 Å². The molecule has 13 heteroatoms. The third-order valence-electron chi connectivity index (χ3n) is 6.12. The number of phenols is 1. The Balaban J connectivity index is 3.18. The van der Waals surface area contributed by atoms with E-state index in [4.69, 9.17) is 17.2 Å². The number of carboxylic acid groups (broad SMARTS) is 1. The van der Waals surface area contributed by atoms with Crippen LogP contribution < -0.4 is 33.2 Å². The Morgan fingerprint density at radius 1 is 0.921 bits per heavy atom. The predicted molar refractivity (Wildman–Crippen MR) is 139 cm³/mol. The second kappa shape index (κ2) is 16.2. The molecule has 1 rings (SSSR count). The highest BCUT2D eigenvalue weighted by Crippen LogP contribution is 2.13. The van der Waals surface area contributed by atoms with Gasteiger partial charge in [-0.25, -0.2) is 4.79 Å². The zero-order valence-electron chi connectivity index (χ0n) is 21.8. The smallest absolute Gasteiger partial charge is 0.326 e. The van der Waals surface area contributed by atoms with Gasteiger partial charge in [-0.1, -0.05) is 32.4 Å². The normalized spacial score (nSPS) is 14.8. The molecule has 0 saturated carbocycles. The summed E-state index contributed by atoms with van der Waals surface area (Å²) >= 11 is 0. The molecule has 0 aliphatic heterocycles. The third-order valence-corrected chi connectivity index (χ3v) is 6.12. The number of carboxylic acids is 1. The number of benzene rings is 1. The molecule has 5 unspecified atom stereocenters. The molecule has 13 nitrogen and oxygen atoms in total. The number of aliphatic carboxylic acids is 1. The lowest BCUT2D eigenvalue weighted by Crippen LogP contribution is -2.58. The van der Waals surface area contributed by atoms with Crippen molar-refractivity contribution < 1.29 is 34.2 Å². The Bertz CT molecular complexity index is 956. The second-order valence-corrected chi connectivity index (χ2v) is 9.26. The molecule has 0 radical (unpaired) electrons. The number of nitrogens with two attached hydrogens (primary N) is 3. The molecular formula is C25H40N6O7. The SMILES string of the molecule is CCC(C)C(NC(=O)C(Cc1ccc(O)cc1)NC(=O)C(CCCCN)NC(=O)C(N)CC(N)=O)C(=O)O. The van der Waals surface area contributed by atoms with Gasteiger partial charge in [-0.3, -0.25) is 19.2 Å². The number of amides is 4. The van der Waals surface area contributed by atoms with Gasteiger partial charge in [0.25, 0.3) is 0 Å². The van der Waals surface area contributed by atoms with Crippen molar-refractivity contribution in [2.24, 2.45) is 23.1 Å². The monoisotopic (exact) mass is 536 g/mol. The lowest BCUT2D eigenvalue weighted by Gasteiger charge is -2.26. The van der Waals surface area contributed by atoms with Crippen LogP contribution in [0.15, 0.2) is 24.3 Å². The Morgan fingerprint density at radius 3 is 2.03 bits per heavy atom. The summed E-state index contributed by atoms with van der Waals surface area (Å²) in [5.41, 5.74) is 16.9. The van der Waals surface area contributed by atoms with Crippen molar-refractivity contribution in [3.63, 3.8) is 0 Å². The minimum atomic E-state index is -1.26. The van der Waals surface area contributed by atoms with E-state index in [1.54, 1.807) is 26.0 Å². The van der Waals surface area contributed by atoms with Crippen molar-refractivity contribution in [2.45, 2.75) is 76.5 Å². The summed E-state index contributed by atoms with van der Waals surface area (Å²) in [4.78, 5) is 61.8. The molecule has 4 amide bonds. The van der Waals surface area contributed by atoms with Crippen molar-refractivity contribution >= 4 is 29.6 Å². The van der Waals surface area contributed by atoms with Gasteiger partial charge < -0.3 is 43.4 Å². The third kappa shape index (κ3) is 11.1. The number of hydrogen-bond donors (Lipinski definition) is 8. The van der Waals surface area contributed by atoms with E-state index in [9.17, 15) is 34.2 Å². The van der Waals surface area contributed by atoms with E-state index in [2.05, 4.69) is 16.0 Å². The number of carbonyl (C=O) groups is 5. The van der Waals surface area contributed by atoms with Crippen LogP contribution in [-0.4, -0.2) is 70.5 Å². The average molecular weight is 537 g/mol. The van der Waals surface area contributed by atoms with Crippen LogP contribution in [0, 0.1) is 5.92 Å². The quantitative estimate of drug-likeness (QED) is 0.112. The van der Waals surface area contributed by atoms with E-state index < -0.39 is 60.2 Å². The van der Waals surface area contributed by atoms with Gasteiger partial charge >= 0.3 is 5.97 Å². The van der Waals surface area contributed by atoms with Crippen LogP contribution >= 0.6 is 0 Å². The molecule has 0 spiro atoms. The van der Waals surface area contributed by atoms with Crippen molar-refractivity contribution in [3.05, 3.63) is 29.8 Å². The number of unbranched alkanes of at least 4 members (excludes halogenated alkanes) is 1. The second-order valence-electron chi connectivity index (χ2n) is 9.26. The van der Waals surface area contributed by atoms with Crippen molar-refractivity contribution in [2.75, 3.05) is 6.54 Å². The number of nitrogens with one attached hydrogen (secondary N) is 3. The molecule has 0 aliphatic rings. The van der Waals surface area contributed by atoms with Crippen molar-refractivity contribution in [1.82, 2.24) is 16.0 Å². The molecule has 11 N–H and O–H groups in total. The van der Waals surface area contributed by atoms with E-state index in [0.29, 0.717) is 31.4 Å². The van der Waals surface area contributed by atoms with Gasteiger partial charge in [0.15, 0.2) is 0 Å². The van der Waals surface area contributed by atoms with Crippen LogP contribution in [0.3, 0.4) is 0 Å². The zero-order chi connectivity index (χ0) is 28.8. The summed E-state index contributed by atoms with van der Waals surface area (Å²) in [6.07, 6.45) is 1.28. The molecule has 1 aromatic carbocycles. The molecule has 0 fully saturated rings. The highest BCUT2D eigenvalue weighted by molar-refractivity contribution is 5.95. The Kier molecular flexibility index (Phi) is 13.8. The summed E-state index contributed by atoms with van der Waals surface area (Å²) in [6, 6.07) is 1.21. The van der Waals surface area contributed by atoms with Gasteiger partial charge in [0.2, 0.25) is 23.6 Å². The van der Waals surface area contributed by atoms with Crippen LogP contribution in [0.5, 0.6) is 5.75 Å². The fourth-order valence-corrected chi connectivity index (χ4v) is 3.64. The highest BCUT2D eigenvalue weighted by atomic mass is 16.4. The maximum Gasteiger partial charge on any atom is 0.326 e. The summed E-state index contributed by atoms with van der Waals surface area (Å²) < 4.78 is 0. The number of primary amides is 1. The first-order chi connectivity index (χ1) is 17.9. The Labute approximate surface area is 221 Å². The lowest BCUT2D eigenvalue weighted by atomic mass is 9.98. The maximum absolute atomic E-state index is 13.3. The molecule has 0 bridgehead atoms. The van der Waals surface area contributed by atoms with Crippen molar-refractivity contribution in [1.29, 1.82) is 0 Å². The molecule has 1 aromatic rings. The number of rotatable bonds is 17. The molecule has 5 atom stereocenters. The van der Waals surface area contributed by atoms with Crippen LogP contribution in [-0.2, 0) is 30.4 Å². The van der Waals surface area contributed by atoms with E-state index in [1.807, 2.05) is 0 Å². The predicted octanol–water partition coefficient (Wildman–Crippen LogP) is -1.15. The molecule has 0 heterocycles. The van der Waals surface area contributed by atoms with Gasteiger partial charge in [-0.15, -0.1) is 0 Å². The van der Waals surface area contributed by atoms with Gasteiger partial charge in [0.1, 0.15) is 23.9 Å². The van der Waals surface area contributed by atoms with Gasteiger partial charge in [-0.2, -0.15) is 0 Å². The Morgan fingerprint density at radius 2 is 1.50 bits per heavy atom. The number of hydrogen-bond acceptors (Lipinski definition) is 8. The van der Waals surface area contributed by atoms with E-state index in [-0.39, 0.29) is 24.5 Å². The minimum absolute atomic E-state index is 0.0106. The largest absolute Gasteiger partial charge is 0.508 e. The molecule has 38 heavy (non-hydrogen) atoms. The Hall–Kier alpha value is -3.71. The minimum Gasteiger partial charge on any atom is -0.508 e. The summed E-state index contributed by atoms with van der Waals surface area (Å²) in [5.74, 6) is -4.55. The molecule has 212 valence electrons. The standard InChI is InChI=1S/C25H40N6O7/c1-3-14(2)21(25(37)38)31-24(36)19(12-15-7-9-16(32)10-8-15)30-23(35)18(6-4-5-11-26)29-22(34)17(27)13-20(28)33/h7-10,14,17-19,21,32H,3-6,11-13,26-27H2,1-2H3,(H2,28,33)(H,29,34)(H,30,35)(H,31,36)(H,37,38). The first-order valence-corrected chi connectivity index (χ1v) is 12.5. The zero-order valence-corrected chi connectivity index (χ0v) is 21.8. The summed E-state index contributed by atoms with van der Waals surface area (Å²) in [6.45, 7) is 3.84. The molecule has 0 saturated heterocycles. The molecule has 0 aromatic heterocycles. The summed E-state index contributed by atoms with van der Waals surface area (Å²) in [7, 11) is 0. The van der Waals surface area contributed by atoms with Gasteiger partial charge in [0.05, 0.1) is 12.5 Å². The fraction of sp³-hybridized carbons (Fsp3) is 0.560. The fourth-order valence-electron chi connectivity index (χ4n) is 3.64. The number of carbonyl (C=O) groups excluding carboxylic acids is 4. The highest BCUT2D eigenvalue weighted by Gasteiger charge is 2.32. The van der Waals surface area contributed by atoms with Crippen LogP contribution in [0.25, 0.3) is 0 Å². The maximum atomic E-state index is 13.3. The first kappa shape index (κ1) is 32.3. The van der Waals surface area contributed by atoms with E-state index >= 15 is 0 Å². The number of aromatic hydroxyl groups is 1. The topological polar surface area (TPSA) is 240 Å². The molecule has 0 aliphatic carbocycles.